The Labute approximate surface area is 248 Å². The number of carbonyl (C=O) groups excluding carboxylic acids is 1. The fraction of sp³-hybridized carbons (Fsp3) is 0.184. The molecule has 0 bridgehead atoms. The fourth-order valence-corrected chi connectivity index (χ4v) is 8.63. The molecule has 0 fully saturated rings. The van der Waals surface area contributed by atoms with Crippen LogP contribution >= 0.6 is 0 Å². The van der Waals surface area contributed by atoms with Crippen molar-refractivity contribution in [2.45, 2.75) is 38.4 Å². The van der Waals surface area contributed by atoms with Gasteiger partial charge in [-0.05, 0) is 76.2 Å². The maximum atomic E-state index is 12.5. The van der Waals surface area contributed by atoms with Gasteiger partial charge in [-0.3, -0.25) is 0 Å². The minimum absolute atomic E-state index is 0.226. The largest absolute Gasteiger partial charge is 0.462 e. The predicted molar refractivity (Wildman–Crippen MR) is 174 cm³/mol. The van der Waals surface area contributed by atoms with Crippen molar-refractivity contribution in [2.24, 2.45) is 0 Å². The van der Waals surface area contributed by atoms with Gasteiger partial charge in [0, 0.05) is 12.1 Å². The minimum atomic E-state index is -1.64. The first kappa shape index (κ1) is 25.3. The van der Waals surface area contributed by atoms with E-state index in [4.69, 9.17) is 4.74 Å². The molecular weight excluding hydrogens is 531 g/mol. The van der Waals surface area contributed by atoms with Crippen LogP contribution in [0.1, 0.15) is 43.7 Å². The minimum Gasteiger partial charge on any atom is -0.462 e. The molecule has 0 amide bonds. The first-order valence-electron chi connectivity index (χ1n) is 14.8. The van der Waals surface area contributed by atoms with Crippen LogP contribution in [0.15, 0.2) is 103 Å². The summed E-state index contributed by atoms with van der Waals surface area (Å²) in [7, 11) is -1.64. The quantitative estimate of drug-likeness (QED) is 0.156. The van der Waals surface area contributed by atoms with Crippen LogP contribution in [0.4, 0.5) is 17.1 Å². The number of hydrogen-bond acceptors (Lipinski definition) is 3. The second kappa shape index (κ2) is 8.79. The Kier molecular flexibility index (Phi) is 5.30. The van der Waals surface area contributed by atoms with Crippen molar-refractivity contribution in [1.29, 1.82) is 0 Å². The van der Waals surface area contributed by atoms with Crippen LogP contribution < -0.4 is 10.1 Å². The van der Waals surface area contributed by atoms with Gasteiger partial charge in [0.05, 0.1) is 37.0 Å². The number of aryl methyl sites for hydroxylation is 1. The average molecular weight is 564 g/mol. The monoisotopic (exact) mass is 563 g/mol. The summed E-state index contributed by atoms with van der Waals surface area (Å²) in [5, 5.41) is 1.45. The van der Waals surface area contributed by atoms with Gasteiger partial charge in [-0.1, -0.05) is 103 Å². The Hall–Kier alpha value is -4.41. The van der Waals surface area contributed by atoms with Crippen LogP contribution in [0.25, 0.3) is 11.1 Å². The molecule has 0 saturated carbocycles. The lowest BCUT2D eigenvalue weighted by Crippen LogP contribution is -2.42. The molecule has 4 heteroatoms. The standard InChI is InChI=1S/C38H33NO2Si/c1-24-13-17-35-33(21-24)38(31-11-7-5-9-29(31)30-10-6-8-12-32(30)38)34-23-27(42(2,3)4)15-18-36(34)39(35)26-14-16-28-25(22-26)19-20-41-37(28)40/h5-18,21-23H,19-20H2,1-4H3. The molecule has 3 nitrogen and oxygen atoms in total. The first-order valence-corrected chi connectivity index (χ1v) is 18.3. The molecule has 2 aliphatic heterocycles. The third-order valence-corrected chi connectivity index (χ3v) is 11.5. The van der Waals surface area contributed by atoms with Gasteiger partial charge in [0.2, 0.25) is 0 Å². The molecule has 1 spiro atoms. The van der Waals surface area contributed by atoms with Gasteiger partial charge in [-0.25, -0.2) is 4.79 Å². The van der Waals surface area contributed by atoms with Crippen molar-refractivity contribution >= 4 is 36.3 Å². The van der Waals surface area contributed by atoms with Gasteiger partial charge in [0.25, 0.3) is 0 Å². The van der Waals surface area contributed by atoms with E-state index in [1.54, 1.807) is 0 Å². The number of ether oxygens (including phenoxy) is 1. The molecule has 1 aliphatic carbocycles. The molecule has 0 aromatic heterocycles. The SMILES string of the molecule is Cc1ccc2c(c1)C1(c3ccccc3-c3ccccc31)c1cc([Si](C)(C)C)ccc1N2c1ccc2c(c1)CCOC2=O. The van der Waals surface area contributed by atoms with E-state index in [0.29, 0.717) is 12.2 Å². The second-order valence-corrected chi connectivity index (χ2v) is 18.0. The van der Waals surface area contributed by atoms with E-state index in [2.05, 4.69) is 129 Å². The molecule has 206 valence electrons. The van der Waals surface area contributed by atoms with Crippen LogP contribution in [0, 0.1) is 6.92 Å². The lowest BCUT2D eigenvalue weighted by molar-refractivity contribution is 0.0480. The summed E-state index contributed by atoms with van der Waals surface area (Å²) in [5.74, 6) is -0.226. The molecule has 3 aliphatic rings. The molecule has 0 saturated heterocycles. The lowest BCUT2D eigenvalue weighted by atomic mass is 9.64. The smallest absolute Gasteiger partial charge is 0.338 e. The predicted octanol–water partition coefficient (Wildman–Crippen LogP) is 8.40. The van der Waals surface area contributed by atoms with Crippen molar-refractivity contribution in [3.63, 3.8) is 0 Å². The number of anilines is 3. The lowest BCUT2D eigenvalue weighted by Gasteiger charge is -2.46. The Morgan fingerprint density at radius 3 is 2.02 bits per heavy atom. The average Bonchev–Trinajstić information content (AvgIpc) is 3.28. The molecule has 5 aromatic rings. The summed E-state index contributed by atoms with van der Waals surface area (Å²) in [6.45, 7) is 9.92. The Balaban J connectivity index is 1.51. The van der Waals surface area contributed by atoms with Gasteiger partial charge in [0.1, 0.15) is 0 Å². The number of cyclic esters (lactones) is 1. The maximum Gasteiger partial charge on any atom is 0.338 e. The molecule has 2 heterocycles. The topological polar surface area (TPSA) is 29.5 Å². The molecule has 0 unspecified atom stereocenters. The summed E-state index contributed by atoms with van der Waals surface area (Å²) in [6.07, 6.45) is 0.732. The highest BCUT2D eigenvalue weighted by atomic mass is 28.3. The van der Waals surface area contributed by atoms with E-state index < -0.39 is 13.5 Å². The highest BCUT2D eigenvalue weighted by Crippen LogP contribution is 2.63. The van der Waals surface area contributed by atoms with Crippen LogP contribution in [-0.4, -0.2) is 20.7 Å². The number of hydrogen-bond donors (Lipinski definition) is 0. The maximum absolute atomic E-state index is 12.5. The number of rotatable bonds is 2. The third-order valence-electron chi connectivity index (χ3n) is 9.43. The third kappa shape index (κ3) is 3.36. The molecular formula is C38H33NO2Si. The van der Waals surface area contributed by atoms with E-state index in [-0.39, 0.29) is 5.97 Å². The normalized spacial score (nSPS) is 15.8. The highest BCUT2D eigenvalue weighted by molar-refractivity contribution is 6.88. The summed E-state index contributed by atoms with van der Waals surface area (Å²) in [5.41, 5.74) is 13.9. The van der Waals surface area contributed by atoms with E-state index in [0.717, 1.165) is 17.7 Å². The molecule has 0 atom stereocenters. The zero-order valence-corrected chi connectivity index (χ0v) is 25.5. The Morgan fingerprint density at radius 1 is 0.690 bits per heavy atom. The summed E-state index contributed by atoms with van der Waals surface area (Å²) >= 11 is 0. The van der Waals surface area contributed by atoms with Crippen molar-refractivity contribution in [1.82, 2.24) is 0 Å². The van der Waals surface area contributed by atoms with Gasteiger partial charge in [-0.2, -0.15) is 0 Å². The molecule has 8 rings (SSSR count). The van der Waals surface area contributed by atoms with E-state index in [1.165, 1.54) is 55.5 Å². The van der Waals surface area contributed by atoms with Crippen molar-refractivity contribution in [2.75, 3.05) is 11.5 Å². The van der Waals surface area contributed by atoms with E-state index in [9.17, 15) is 4.79 Å². The van der Waals surface area contributed by atoms with Crippen LogP contribution in [0.5, 0.6) is 0 Å². The number of fused-ring (bicyclic) bond motifs is 10. The Morgan fingerprint density at radius 2 is 1.33 bits per heavy atom. The van der Waals surface area contributed by atoms with Crippen LogP contribution in [0.3, 0.4) is 0 Å². The van der Waals surface area contributed by atoms with Crippen LogP contribution in [0.2, 0.25) is 19.6 Å². The van der Waals surface area contributed by atoms with Crippen LogP contribution in [-0.2, 0) is 16.6 Å². The number of carbonyl (C=O) groups is 1. The summed E-state index contributed by atoms with van der Waals surface area (Å²) in [4.78, 5) is 14.9. The number of esters is 1. The molecule has 0 radical (unpaired) electrons. The Bertz CT molecular complexity index is 1900. The van der Waals surface area contributed by atoms with Gasteiger partial charge < -0.3 is 9.64 Å². The van der Waals surface area contributed by atoms with Crippen molar-refractivity contribution in [3.05, 3.63) is 142 Å². The van der Waals surface area contributed by atoms with Crippen molar-refractivity contribution < 1.29 is 9.53 Å². The highest BCUT2D eigenvalue weighted by Gasteiger charge is 2.52. The molecule has 0 N–H and O–H groups in total. The molecule has 42 heavy (non-hydrogen) atoms. The number of benzene rings is 5. The second-order valence-electron chi connectivity index (χ2n) is 12.9. The van der Waals surface area contributed by atoms with E-state index >= 15 is 0 Å². The van der Waals surface area contributed by atoms with Gasteiger partial charge in [0.15, 0.2) is 0 Å². The molecule has 5 aromatic carbocycles. The van der Waals surface area contributed by atoms with Gasteiger partial charge in [-0.15, -0.1) is 0 Å². The fourth-order valence-electron chi connectivity index (χ4n) is 7.47. The summed E-state index contributed by atoms with van der Waals surface area (Å²) in [6, 6.07) is 38.3. The van der Waals surface area contributed by atoms with Crippen molar-refractivity contribution in [3.8, 4) is 11.1 Å². The number of nitrogens with zero attached hydrogens (tertiary/aromatic N) is 1. The zero-order chi connectivity index (χ0) is 28.8. The van der Waals surface area contributed by atoms with E-state index in [1.807, 2.05) is 6.07 Å². The first-order chi connectivity index (χ1) is 20.3. The summed E-state index contributed by atoms with van der Waals surface area (Å²) < 4.78 is 5.34. The van der Waals surface area contributed by atoms with Gasteiger partial charge >= 0.3 is 5.97 Å². The zero-order valence-electron chi connectivity index (χ0n) is 24.5.